The van der Waals surface area contributed by atoms with Gasteiger partial charge in [-0.05, 0) is 13.8 Å². The molecule has 1 heterocycles. The predicted octanol–water partition coefficient (Wildman–Crippen LogP) is -0.488. The Morgan fingerprint density at radius 1 is 1.53 bits per heavy atom. The number of aliphatic carboxylic acids is 1. The first-order valence-electron chi connectivity index (χ1n) is 4.56. The van der Waals surface area contributed by atoms with Crippen LogP contribution in [0.15, 0.2) is 0 Å². The maximum absolute atomic E-state index is 11.6. The summed E-state index contributed by atoms with van der Waals surface area (Å²) in [5, 5.41) is 8.47. The van der Waals surface area contributed by atoms with Crippen LogP contribution in [0.5, 0.6) is 0 Å². The molecule has 0 radical (unpaired) electrons. The van der Waals surface area contributed by atoms with Crippen LogP contribution in [0.1, 0.15) is 13.8 Å². The molecule has 1 rings (SSSR count). The van der Waals surface area contributed by atoms with Gasteiger partial charge in [0.15, 0.2) is 5.75 Å². The SMILES string of the molecule is CC1(C)CN(S(=O)(=O)CC(=O)O)CCO1. The maximum Gasteiger partial charge on any atom is 0.320 e. The fourth-order valence-electron chi connectivity index (χ4n) is 1.46. The molecule has 88 valence electrons. The first-order chi connectivity index (χ1) is 6.73. The normalized spacial score (nSPS) is 22.5. The third-order valence-corrected chi connectivity index (χ3v) is 3.80. The fourth-order valence-corrected chi connectivity index (χ4v) is 2.81. The van der Waals surface area contributed by atoms with Crippen LogP contribution in [-0.2, 0) is 19.6 Å². The molecular weight excluding hydrogens is 222 g/mol. The van der Waals surface area contributed by atoms with Crippen molar-refractivity contribution in [2.24, 2.45) is 0 Å². The Morgan fingerprint density at radius 2 is 2.13 bits per heavy atom. The zero-order valence-corrected chi connectivity index (χ0v) is 9.58. The highest BCUT2D eigenvalue weighted by Crippen LogP contribution is 2.19. The highest BCUT2D eigenvalue weighted by atomic mass is 32.2. The molecule has 0 bridgehead atoms. The highest BCUT2D eigenvalue weighted by molar-refractivity contribution is 7.89. The summed E-state index contributed by atoms with van der Waals surface area (Å²) in [6.07, 6.45) is 0. The van der Waals surface area contributed by atoms with Crippen LogP contribution in [0, 0.1) is 0 Å². The molecule has 0 atom stereocenters. The second kappa shape index (κ2) is 4.07. The van der Waals surface area contributed by atoms with Crippen molar-refractivity contribution < 1.29 is 23.1 Å². The number of sulfonamides is 1. The molecule has 0 aromatic rings. The van der Waals surface area contributed by atoms with Gasteiger partial charge < -0.3 is 9.84 Å². The Labute approximate surface area is 88.9 Å². The number of carbonyl (C=O) groups is 1. The average Bonchev–Trinajstić information content (AvgIpc) is 1.99. The van der Waals surface area contributed by atoms with Crippen molar-refractivity contribution in [2.75, 3.05) is 25.4 Å². The first-order valence-corrected chi connectivity index (χ1v) is 6.17. The molecule has 1 fully saturated rings. The number of carboxylic acid groups (broad SMARTS) is 1. The van der Waals surface area contributed by atoms with E-state index >= 15 is 0 Å². The van der Waals surface area contributed by atoms with E-state index in [0.29, 0.717) is 6.61 Å². The monoisotopic (exact) mass is 237 g/mol. The zero-order valence-electron chi connectivity index (χ0n) is 8.76. The largest absolute Gasteiger partial charge is 0.480 e. The van der Waals surface area contributed by atoms with Gasteiger partial charge in [-0.3, -0.25) is 4.79 Å². The van der Waals surface area contributed by atoms with Gasteiger partial charge in [-0.15, -0.1) is 0 Å². The van der Waals surface area contributed by atoms with Crippen molar-refractivity contribution >= 4 is 16.0 Å². The number of morpholine rings is 1. The number of hydrogen-bond acceptors (Lipinski definition) is 4. The summed E-state index contributed by atoms with van der Waals surface area (Å²) >= 11 is 0. The van der Waals surface area contributed by atoms with E-state index < -0.39 is 27.3 Å². The standard InChI is InChI=1S/C8H15NO5S/c1-8(2)6-9(3-4-14-8)15(12,13)5-7(10)11/h3-6H2,1-2H3,(H,10,11). The summed E-state index contributed by atoms with van der Waals surface area (Å²) in [7, 11) is -3.70. The van der Waals surface area contributed by atoms with Gasteiger partial charge in [-0.1, -0.05) is 0 Å². The van der Waals surface area contributed by atoms with Gasteiger partial charge in [-0.2, -0.15) is 4.31 Å². The Balaban J connectivity index is 2.75. The highest BCUT2D eigenvalue weighted by Gasteiger charge is 2.34. The summed E-state index contributed by atoms with van der Waals surface area (Å²) in [5.41, 5.74) is -0.552. The van der Waals surface area contributed by atoms with Gasteiger partial charge in [0.25, 0.3) is 0 Å². The molecule has 7 heteroatoms. The molecule has 0 spiro atoms. The van der Waals surface area contributed by atoms with Gasteiger partial charge in [-0.25, -0.2) is 8.42 Å². The molecule has 15 heavy (non-hydrogen) atoms. The molecule has 1 N–H and O–H groups in total. The molecule has 1 saturated heterocycles. The molecule has 0 aromatic heterocycles. The lowest BCUT2D eigenvalue weighted by molar-refractivity contribution is -0.134. The summed E-state index contributed by atoms with van der Waals surface area (Å²) in [6, 6.07) is 0. The minimum Gasteiger partial charge on any atom is -0.480 e. The molecule has 1 aliphatic heterocycles. The minimum absolute atomic E-state index is 0.197. The van der Waals surface area contributed by atoms with E-state index in [1.54, 1.807) is 13.8 Å². The van der Waals surface area contributed by atoms with Crippen molar-refractivity contribution in [3.63, 3.8) is 0 Å². The molecule has 1 aliphatic rings. The average molecular weight is 237 g/mol. The van der Waals surface area contributed by atoms with Crippen LogP contribution in [0.4, 0.5) is 0 Å². The lowest BCUT2D eigenvalue weighted by Crippen LogP contribution is -2.51. The molecule has 0 aliphatic carbocycles. The van der Waals surface area contributed by atoms with Gasteiger partial charge in [0.2, 0.25) is 10.0 Å². The van der Waals surface area contributed by atoms with Crippen LogP contribution in [0.2, 0.25) is 0 Å². The van der Waals surface area contributed by atoms with E-state index in [9.17, 15) is 13.2 Å². The second-order valence-corrected chi connectivity index (χ2v) is 6.06. The lowest BCUT2D eigenvalue weighted by atomic mass is 10.1. The number of carboxylic acids is 1. The van der Waals surface area contributed by atoms with E-state index in [4.69, 9.17) is 9.84 Å². The van der Waals surface area contributed by atoms with E-state index in [2.05, 4.69) is 0 Å². The Kier molecular flexibility index (Phi) is 3.37. The number of nitrogens with zero attached hydrogens (tertiary/aromatic N) is 1. The quantitative estimate of drug-likeness (QED) is 0.716. The summed E-state index contributed by atoms with van der Waals surface area (Å²) in [5.74, 6) is -2.19. The number of hydrogen-bond donors (Lipinski definition) is 1. The van der Waals surface area contributed by atoms with Gasteiger partial charge in [0.1, 0.15) is 0 Å². The van der Waals surface area contributed by atoms with Crippen molar-refractivity contribution in [3.8, 4) is 0 Å². The molecule has 0 saturated carbocycles. The van der Waals surface area contributed by atoms with E-state index in [0.717, 1.165) is 0 Å². The third kappa shape index (κ3) is 3.44. The van der Waals surface area contributed by atoms with Crippen LogP contribution >= 0.6 is 0 Å². The summed E-state index contributed by atoms with van der Waals surface area (Å²) in [6.45, 7) is 4.26. The zero-order chi connectivity index (χ0) is 11.7. The molecule has 0 aromatic carbocycles. The smallest absolute Gasteiger partial charge is 0.320 e. The van der Waals surface area contributed by atoms with Crippen molar-refractivity contribution in [1.29, 1.82) is 0 Å². The van der Waals surface area contributed by atoms with Crippen LogP contribution < -0.4 is 0 Å². The molecule has 0 unspecified atom stereocenters. The number of ether oxygens (including phenoxy) is 1. The summed E-state index contributed by atoms with van der Waals surface area (Å²) < 4.78 is 29.7. The Morgan fingerprint density at radius 3 is 2.60 bits per heavy atom. The van der Waals surface area contributed by atoms with Crippen LogP contribution in [0.25, 0.3) is 0 Å². The number of rotatable bonds is 3. The van der Waals surface area contributed by atoms with Crippen molar-refractivity contribution in [3.05, 3.63) is 0 Å². The topological polar surface area (TPSA) is 83.9 Å². The third-order valence-electron chi connectivity index (χ3n) is 2.09. The van der Waals surface area contributed by atoms with E-state index in [1.165, 1.54) is 4.31 Å². The lowest BCUT2D eigenvalue weighted by Gasteiger charge is -2.37. The van der Waals surface area contributed by atoms with Gasteiger partial charge >= 0.3 is 5.97 Å². The molecule has 0 amide bonds. The van der Waals surface area contributed by atoms with Gasteiger partial charge in [0, 0.05) is 13.1 Å². The Bertz CT molecular complexity index is 348. The summed E-state index contributed by atoms with van der Waals surface area (Å²) in [4.78, 5) is 10.4. The molecular formula is C8H15NO5S. The maximum atomic E-state index is 11.6. The van der Waals surface area contributed by atoms with Crippen LogP contribution in [-0.4, -0.2) is 54.8 Å². The minimum atomic E-state index is -3.70. The van der Waals surface area contributed by atoms with E-state index in [-0.39, 0.29) is 13.1 Å². The second-order valence-electron chi connectivity index (χ2n) is 4.09. The van der Waals surface area contributed by atoms with Crippen molar-refractivity contribution in [2.45, 2.75) is 19.4 Å². The Hall–Kier alpha value is -0.660. The van der Waals surface area contributed by atoms with E-state index in [1.807, 2.05) is 0 Å². The first kappa shape index (κ1) is 12.4. The van der Waals surface area contributed by atoms with Gasteiger partial charge in [0.05, 0.1) is 12.2 Å². The van der Waals surface area contributed by atoms with Crippen LogP contribution in [0.3, 0.4) is 0 Å². The predicted molar refractivity (Wildman–Crippen MR) is 53.0 cm³/mol. The van der Waals surface area contributed by atoms with Crippen molar-refractivity contribution in [1.82, 2.24) is 4.31 Å². The fraction of sp³-hybridized carbons (Fsp3) is 0.875. The molecule has 6 nitrogen and oxygen atoms in total.